The maximum Gasteiger partial charge on any atom is 0.0541 e. The standard InChI is InChI=1S/C33H25BrN2/c1-2-18-35-30-16-14-23(20-28(30)29-21-24(34)15-17-31(29)35)22-8-7-9-25(19-22)36-32-12-5-3-10-26(32)27-11-4-6-13-33(27)36/h3-17,19-21H,2,18H2,1H3. The minimum Gasteiger partial charge on any atom is -0.340 e. The first kappa shape index (κ1) is 21.5. The molecule has 0 unspecified atom stereocenters. The number of nitrogens with zero attached hydrogens (tertiary/aromatic N) is 2. The van der Waals surface area contributed by atoms with Gasteiger partial charge in [0.05, 0.1) is 11.0 Å². The Morgan fingerprint density at radius 1 is 0.556 bits per heavy atom. The fourth-order valence-electron chi connectivity index (χ4n) is 5.75. The lowest BCUT2D eigenvalue weighted by Gasteiger charge is -2.11. The molecule has 0 fully saturated rings. The Hall–Kier alpha value is -3.82. The molecule has 0 spiro atoms. The molecule has 5 aromatic carbocycles. The molecule has 0 bridgehead atoms. The SMILES string of the molecule is CCCn1c2ccc(Br)cc2c2cc(-c3cccc(-n4c5ccccc5c5ccccc54)c3)ccc21. The quantitative estimate of drug-likeness (QED) is 0.215. The van der Waals surface area contributed by atoms with Gasteiger partial charge in [-0.2, -0.15) is 0 Å². The van der Waals surface area contributed by atoms with Crippen LogP contribution in [0.25, 0.3) is 60.4 Å². The Morgan fingerprint density at radius 3 is 1.92 bits per heavy atom. The van der Waals surface area contributed by atoms with Crippen LogP contribution in [0.3, 0.4) is 0 Å². The van der Waals surface area contributed by atoms with Crippen molar-refractivity contribution in [3.8, 4) is 16.8 Å². The monoisotopic (exact) mass is 528 g/mol. The van der Waals surface area contributed by atoms with Crippen LogP contribution >= 0.6 is 15.9 Å². The highest BCUT2D eigenvalue weighted by atomic mass is 79.9. The van der Waals surface area contributed by atoms with Gasteiger partial charge in [-0.3, -0.25) is 0 Å². The van der Waals surface area contributed by atoms with E-state index in [1.165, 1.54) is 60.4 Å². The fraction of sp³-hybridized carbons (Fsp3) is 0.0909. The van der Waals surface area contributed by atoms with Gasteiger partial charge in [0.25, 0.3) is 0 Å². The van der Waals surface area contributed by atoms with E-state index in [-0.39, 0.29) is 0 Å². The second-order valence-corrected chi connectivity index (χ2v) is 10.4. The van der Waals surface area contributed by atoms with Gasteiger partial charge < -0.3 is 9.13 Å². The summed E-state index contributed by atoms with van der Waals surface area (Å²) in [5.74, 6) is 0. The van der Waals surface area contributed by atoms with Crippen LogP contribution in [0.15, 0.2) is 114 Å². The molecule has 0 aliphatic heterocycles. The van der Waals surface area contributed by atoms with E-state index in [4.69, 9.17) is 0 Å². The smallest absolute Gasteiger partial charge is 0.0541 e. The van der Waals surface area contributed by atoms with E-state index in [9.17, 15) is 0 Å². The highest BCUT2D eigenvalue weighted by Crippen LogP contribution is 2.36. The van der Waals surface area contributed by atoms with Crippen LogP contribution in [-0.4, -0.2) is 9.13 Å². The minimum atomic E-state index is 1.02. The molecule has 0 radical (unpaired) electrons. The van der Waals surface area contributed by atoms with Crippen LogP contribution in [0.4, 0.5) is 0 Å². The third kappa shape index (κ3) is 3.23. The molecule has 0 saturated carbocycles. The van der Waals surface area contributed by atoms with Crippen LogP contribution in [-0.2, 0) is 6.54 Å². The molecule has 3 heteroatoms. The van der Waals surface area contributed by atoms with Crippen LogP contribution in [0.2, 0.25) is 0 Å². The second kappa shape index (κ2) is 8.39. The Morgan fingerprint density at radius 2 is 1.19 bits per heavy atom. The number of hydrogen-bond acceptors (Lipinski definition) is 0. The third-order valence-electron chi connectivity index (χ3n) is 7.29. The minimum absolute atomic E-state index is 1.02. The highest BCUT2D eigenvalue weighted by molar-refractivity contribution is 9.10. The lowest BCUT2D eigenvalue weighted by molar-refractivity contribution is 0.724. The molecule has 2 nitrogen and oxygen atoms in total. The first-order chi connectivity index (χ1) is 17.7. The van der Waals surface area contributed by atoms with E-state index in [1.54, 1.807) is 0 Å². The molecule has 7 rings (SSSR count). The van der Waals surface area contributed by atoms with Crippen LogP contribution in [0.1, 0.15) is 13.3 Å². The zero-order valence-corrected chi connectivity index (χ0v) is 21.7. The van der Waals surface area contributed by atoms with Crippen LogP contribution < -0.4 is 0 Å². The summed E-state index contributed by atoms with van der Waals surface area (Å²) in [5.41, 5.74) is 8.71. The van der Waals surface area contributed by atoms with Gasteiger partial charge in [-0.15, -0.1) is 0 Å². The summed E-state index contributed by atoms with van der Waals surface area (Å²) in [6.07, 6.45) is 1.11. The van der Waals surface area contributed by atoms with Crippen molar-refractivity contribution in [2.24, 2.45) is 0 Å². The second-order valence-electron chi connectivity index (χ2n) is 9.47. The first-order valence-corrected chi connectivity index (χ1v) is 13.3. The number of halogens is 1. The van der Waals surface area contributed by atoms with Gasteiger partial charge in [0, 0.05) is 49.3 Å². The van der Waals surface area contributed by atoms with E-state index >= 15 is 0 Å². The summed E-state index contributed by atoms with van der Waals surface area (Å²) in [4.78, 5) is 0. The van der Waals surface area contributed by atoms with Crippen LogP contribution in [0, 0.1) is 0 Å². The molecule has 36 heavy (non-hydrogen) atoms. The predicted molar refractivity (Wildman–Crippen MR) is 157 cm³/mol. The van der Waals surface area contributed by atoms with Crippen molar-refractivity contribution in [1.29, 1.82) is 0 Å². The van der Waals surface area contributed by atoms with Crippen molar-refractivity contribution in [3.63, 3.8) is 0 Å². The molecule has 0 aliphatic rings. The number of rotatable bonds is 4. The highest BCUT2D eigenvalue weighted by Gasteiger charge is 2.14. The topological polar surface area (TPSA) is 9.86 Å². The van der Waals surface area contributed by atoms with Crippen molar-refractivity contribution in [1.82, 2.24) is 9.13 Å². The van der Waals surface area contributed by atoms with Gasteiger partial charge in [0.1, 0.15) is 0 Å². The first-order valence-electron chi connectivity index (χ1n) is 12.5. The molecule has 0 N–H and O–H groups in total. The van der Waals surface area contributed by atoms with Gasteiger partial charge in [-0.25, -0.2) is 0 Å². The molecule has 7 aromatic rings. The van der Waals surface area contributed by atoms with Gasteiger partial charge >= 0.3 is 0 Å². The average Bonchev–Trinajstić information content (AvgIpc) is 3.41. The Labute approximate surface area is 218 Å². The van der Waals surface area contributed by atoms with Crippen molar-refractivity contribution < 1.29 is 0 Å². The van der Waals surface area contributed by atoms with E-state index in [0.29, 0.717) is 0 Å². The zero-order chi connectivity index (χ0) is 24.2. The molecule has 0 saturated heterocycles. The lowest BCUT2D eigenvalue weighted by atomic mass is 10.0. The molecule has 0 aliphatic carbocycles. The van der Waals surface area contributed by atoms with Crippen molar-refractivity contribution in [2.75, 3.05) is 0 Å². The van der Waals surface area contributed by atoms with Crippen molar-refractivity contribution in [3.05, 3.63) is 114 Å². The third-order valence-corrected chi connectivity index (χ3v) is 7.79. The fourth-order valence-corrected chi connectivity index (χ4v) is 6.11. The molecule has 2 aromatic heterocycles. The summed E-state index contributed by atoms with van der Waals surface area (Å²) < 4.78 is 5.95. The largest absolute Gasteiger partial charge is 0.340 e. The zero-order valence-electron chi connectivity index (χ0n) is 20.1. The van der Waals surface area contributed by atoms with Gasteiger partial charge in [0.15, 0.2) is 0 Å². The summed E-state index contributed by atoms with van der Waals surface area (Å²) >= 11 is 3.69. The molecular formula is C33H25BrN2. The molecule has 0 atom stereocenters. The van der Waals surface area contributed by atoms with E-state index in [0.717, 1.165) is 17.4 Å². The van der Waals surface area contributed by atoms with Crippen molar-refractivity contribution >= 4 is 59.5 Å². The number of benzene rings is 5. The van der Waals surface area contributed by atoms with Gasteiger partial charge in [-0.05, 0) is 72.1 Å². The Kier molecular flexibility index (Phi) is 5.00. The number of hydrogen-bond donors (Lipinski definition) is 0. The summed E-state index contributed by atoms with van der Waals surface area (Å²) in [6, 6.07) is 39.9. The van der Waals surface area contributed by atoms with Gasteiger partial charge in [0.2, 0.25) is 0 Å². The summed E-state index contributed by atoms with van der Waals surface area (Å²) in [5, 5.41) is 5.18. The Balaban J connectivity index is 1.44. The molecule has 0 amide bonds. The number of aromatic nitrogens is 2. The van der Waals surface area contributed by atoms with Crippen molar-refractivity contribution in [2.45, 2.75) is 19.9 Å². The molecular weight excluding hydrogens is 504 g/mol. The number of aryl methyl sites for hydroxylation is 1. The predicted octanol–water partition coefficient (Wildman–Crippen LogP) is 9.73. The van der Waals surface area contributed by atoms with E-state index in [2.05, 4.69) is 141 Å². The number of para-hydroxylation sites is 2. The molecule has 2 heterocycles. The maximum absolute atomic E-state index is 3.69. The van der Waals surface area contributed by atoms with E-state index < -0.39 is 0 Å². The normalized spacial score (nSPS) is 11.8. The van der Waals surface area contributed by atoms with Gasteiger partial charge in [-0.1, -0.05) is 77.5 Å². The lowest BCUT2D eigenvalue weighted by Crippen LogP contribution is -1.96. The Bertz CT molecular complexity index is 1870. The number of fused-ring (bicyclic) bond motifs is 6. The summed E-state index contributed by atoms with van der Waals surface area (Å²) in [7, 11) is 0. The molecule has 174 valence electrons. The average molecular weight is 529 g/mol. The van der Waals surface area contributed by atoms with Crippen LogP contribution in [0.5, 0.6) is 0 Å². The maximum atomic E-state index is 3.69. The summed E-state index contributed by atoms with van der Waals surface area (Å²) in [6.45, 7) is 3.26. The van der Waals surface area contributed by atoms with E-state index in [1.807, 2.05) is 0 Å².